The molecule has 2 aromatic carbocycles. The molecule has 0 aliphatic rings. The second kappa shape index (κ2) is 8.93. The van der Waals surface area contributed by atoms with Gasteiger partial charge in [0.05, 0.1) is 23.7 Å². The molecule has 1 N–H and O–H groups in total. The van der Waals surface area contributed by atoms with E-state index in [1.54, 1.807) is 31.2 Å². The van der Waals surface area contributed by atoms with Crippen molar-refractivity contribution in [3.05, 3.63) is 68.7 Å². The Hall–Kier alpha value is -2.74. The Kier molecular flexibility index (Phi) is 6.64. The lowest BCUT2D eigenvalue weighted by molar-refractivity contribution is -0.384. The Balaban J connectivity index is 2.32. The van der Waals surface area contributed by atoms with E-state index in [1.807, 2.05) is 18.2 Å². The van der Waals surface area contributed by atoms with Crippen LogP contribution in [-0.2, 0) is 9.53 Å². The summed E-state index contributed by atoms with van der Waals surface area (Å²) in [6.07, 6.45) is -0.0464. The van der Waals surface area contributed by atoms with Gasteiger partial charge >= 0.3 is 5.97 Å². The van der Waals surface area contributed by atoms with Gasteiger partial charge in [0.15, 0.2) is 0 Å². The van der Waals surface area contributed by atoms with Crippen LogP contribution in [0.25, 0.3) is 0 Å². The average Bonchev–Trinajstić information content (AvgIpc) is 2.60. The van der Waals surface area contributed by atoms with Crippen molar-refractivity contribution in [1.82, 2.24) is 0 Å². The maximum Gasteiger partial charge on any atom is 0.311 e. The molecule has 130 valence electrons. The van der Waals surface area contributed by atoms with Crippen LogP contribution in [0, 0.1) is 10.1 Å². The van der Waals surface area contributed by atoms with Crippen LogP contribution in [0.4, 0.5) is 11.4 Å². The van der Waals surface area contributed by atoms with Crippen molar-refractivity contribution in [1.29, 1.82) is 0 Å². The summed E-state index contributed by atoms with van der Waals surface area (Å²) < 4.78 is 5.55. The molecule has 0 unspecified atom stereocenters. The number of hydrazone groups is 1. The number of halogens is 1. The zero-order valence-electron chi connectivity index (χ0n) is 13.4. The van der Waals surface area contributed by atoms with Crippen molar-refractivity contribution < 1.29 is 14.5 Å². The van der Waals surface area contributed by atoms with E-state index < -0.39 is 10.9 Å². The van der Waals surface area contributed by atoms with Crippen molar-refractivity contribution in [2.45, 2.75) is 13.3 Å². The zero-order valence-corrected chi connectivity index (χ0v) is 15.0. The Morgan fingerprint density at radius 3 is 2.64 bits per heavy atom. The lowest BCUT2D eigenvalue weighted by Crippen LogP contribution is -2.14. The van der Waals surface area contributed by atoms with Gasteiger partial charge in [-0.15, -0.1) is 0 Å². The third-order valence-electron chi connectivity index (χ3n) is 3.19. The minimum atomic E-state index is -0.504. The highest BCUT2D eigenvalue weighted by molar-refractivity contribution is 9.10. The van der Waals surface area contributed by atoms with Gasteiger partial charge in [0.2, 0.25) is 0 Å². The Morgan fingerprint density at radius 2 is 2.00 bits per heavy atom. The molecule has 25 heavy (non-hydrogen) atoms. The number of ether oxygens (including phenoxy) is 1. The maximum atomic E-state index is 11.8. The molecule has 0 aromatic heterocycles. The molecule has 2 rings (SSSR count). The van der Waals surface area contributed by atoms with E-state index in [9.17, 15) is 14.9 Å². The number of anilines is 1. The minimum Gasteiger partial charge on any atom is -0.466 e. The normalized spacial score (nSPS) is 11.0. The number of hydrogen-bond acceptors (Lipinski definition) is 6. The number of esters is 1. The van der Waals surface area contributed by atoms with E-state index in [0.29, 0.717) is 10.2 Å². The Labute approximate surface area is 153 Å². The first-order valence-electron chi connectivity index (χ1n) is 7.48. The number of nitro benzene ring substituents is 1. The predicted octanol–water partition coefficient (Wildman–Crippen LogP) is 4.13. The number of rotatable bonds is 7. The van der Waals surface area contributed by atoms with Gasteiger partial charge in [-0.3, -0.25) is 20.3 Å². The molecule has 0 saturated heterocycles. The quantitative estimate of drug-likeness (QED) is 0.323. The molecular formula is C17H16BrN3O4. The molecule has 0 saturated carbocycles. The molecule has 0 spiro atoms. The fourth-order valence-electron chi connectivity index (χ4n) is 2.06. The molecular weight excluding hydrogens is 390 g/mol. The molecule has 0 heterocycles. The predicted molar refractivity (Wildman–Crippen MR) is 98.6 cm³/mol. The molecule has 0 atom stereocenters. The first-order chi connectivity index (χ1) is 12.0. The topological polar surface area (TPSA) is 93.8 Å². The van der Waals surface area contributed by atoms with Crippen molar-refractivity contribution in [3.8, 4) is 0 Å². The lowest BCUT2D eigenvalue weighted by atomic mass is 10.1. The van der Waals surface area contributed by atoms with Gasteiger partial charge in [-0.1, -0.05) is 46.3 Å². The van der Waals surface area contributed by atoms with Crippen molar-refractivity contribution in [2.24, 2.45) is 5.10 Å². The highest BCUT2D eigenvalue weighted by Gasteiger charge is 2.15. The molecule has 8 heteroatoms. The van der Waals surface area contributed by atoms with Crippen LogP contribution in [0.15, 0.2) is 58.1 Å². The standard InChI is InChI=1S/C17H16BrN3O4/c1-2-25-17(22)11-15(12-6-4-3-5-7-12)20-19-14-9-8-13(18)10-16(14)21(23)24/h3-10,19H,2,11H2,1H3/b20-15+. The first-order valence-corrected chi connectivity index (χ1v) is 8.28. The fraction of sp³-hybridized carbons (Fsp3) is 0.176. The van der Waals surface area contributed by atoms with Gasteiger partial charge in [-0.2, -0.15) is 5.10 Å². The third-order valence-corrected chi connectivity index (χ3v) is 3.69. The highest BCUT2D eigenvalue weighted by atomic mass is 79.9. The number of carbonyl (C=O) groups excluding carboxylic acids is 1. The third kappa shape index (κ3) is 5.39. The molecule has 0 bridgehead atoms. The Bertz CT molecular complexity index is 794. The summed E-state index contributed by atoms with van der Waals surface area (Å²) >= 11 is 3.20. The summed E-state index contributed by atoms with van der Waals surface area (Å²) in [7, 11) is 0. The highest BCUT2D eigenvalue weighted by Crippen LogP contribution is 2.28. The minimum absolute atomic E-state index is 0.0464. The molecule has 0 aliphatic carbocycles. The van der Waals surface area contributed by atoms with Gasteiger partial charge in [0.1, 0.15) is 5.69 Å². The second-order valence-corrected chi connectivity index (χ2v) is 5.85. The van der Waals surface area contributed by atoms with Gasteiger partial charge in [0.25, 0.3) is 5.69 Å². The van der Waals surface area contributed by atoms with Crippen LogP contribution in [0.1, 0.15) is 18.9 Å². The molecule has 0 radical (unpaired) electrons. The number of nitrogens with one attached hydrogen (secondary N) is 1. The summed E-state index contributed by atoms with van der Waals surface area (Å²) in [5.74, 6) is -0.419. The van der Waals surface area contributed by atoms with Crippen molar-refractivity contribution in [2.75, 3.05) is 12.0 Å². The summed E-state index contributed by atoms with van der Waals surface area (Å²) in [6, 6.07) is 13.7. The summed E-state index contributed by atoms with van der Waals surface area (Å²) in [5.41, 5.74) is 3.94. The van der Waals surface area contributed by atoms with Crippen LogP contribution in [-0.4, -0.2) is 23.2 Å². The lowest BCUT2D eigenvalue weighted by Gasteiger charge is -2.08. The number of nitrogens with zero attached hydrogens (tertiary/aromatic N) is 2. The number of hydrogen-bond donors (Lipinski definition) is 1. The molecule has 0 fully saturated rings. The van der Waals surface area contributed by atoms with E-state index in [1.165, 1.54) is 6.07 Å². The van der Waals surface area contributed by atoms with Crippen molar-refractivity contribution >= 4 is 39.0 Å². The monoisotopic (exact) mass is 405 g/mol. The van der Waals surface area contributed by atoms with Gasteiger partial charge in [0, 0.05) is 10.5 Å². The van der Waals surface area contributed by atoms with Crippen LogP contribution in [0.5, 0.6) is 0 Å². The smallest absolute Gasteiger partial charge is 0.311 e. The van der Waals surface area contributed by atoms with Crippen LogP contribution in [0.2, 0.25) is 0 Å². The summed E-state index contributed by atoms with van der Waals surface area (Å²) in [4.78, 5) is 22.5. The van der Waals surface area contributed by atoms with Gasteiger partial charge in [-0.05, 0) is 24.6 Å². The number of benzene rings is 2. The molecule has 0 amide bonds. The van der Waals surface area contributed by atoms with Gasteiger partial charge < -0.3 is 4.74 Å². The number of nitro groups is 1. The fourth-order valence-corrected chi connectivity index (χ4v) is 2.41. The van der Waals surface area contributed by atoms with E-state index in [0.717, 1.165) is 5.56 Å². The zero-order chi connectivity index (χ0) is 18.2. The van der Waals surface area contributed by atoms with E-state index >= 15 is 0 Å². The Morgan fingerprint density at radius 1 is 1.28 bits per heavy atom. The van der Waals surface area contributed by atoms with Crippen LogP contribution in [0.3, 0.4) is 0 Å². The average molecular weight is 406 g/mol. The number of carbonyl (C=O) groups is 1. The van der Waals surface area contributed by atoms with Gasteiger partial charge in [-0.25, -0.2) is 0 Å². The summed E-state index contributed by atoms with van der Waals surface area (Å²) in [6.45, 7) is 1.99. The molecule has 0 aliphatic heterocycles. The van der Waals surface area contributed by atoms with E-state index in [-0.39, 0.29) is 24.4 Å². The van der Waals surface area contributed by atoms with E-state index in [4.69, 9.17) is 4.74 Å². The van der Waals surface area contributed by atoms with Crippen molar-refractivity contribution in [3.63, 3.8) is 0 Å². The van der Waals surface area contributed by atoms with Crippen LogP contribution >= 0.6 is 15.9 Å². The maximum absolute atomic E-state index is 11.8. The first kappa shape index (κ1) is 18.6. The largest absolute Gasteiger partial charge is 0.466 e. The molecule has 2 aromatic rings. The molecule has 7 nitrogen and oxygen atoms in total. The second-order valence-electron chi connectivity index (χ2n) is 4.94. The summed E-state index contributed by atoms with van der Waals surface area (Å²) in [5, 5.41) is 15.4. The SMILES string of the molecule is CCOC(=O)C/C(=N\Nc1ccc(Br)cc1[N+](=O)[O-])c1ccccc1. The van der Waals surface area contributed by atoms with Crippen LogP contribution < -0.4 is 5.43 Å². The van der Waals surface area contributed by atoms with E-state index in [2.05, 4.69) is 26.5 Å².